The normalized spacial score (nSPS) is 14.4. The average molecular weight is 413 g/mol. The van der Waals surface area contributed by atoms with Gasteiger partial charge in [0, 0.05) is 36.7 Å². The summed E-state index contributed by atoms with van der Waals surface area (Å²) >= 11 is 1.70. The number of thioether (sulfide) groups is 1. The van der Waals surface area contributed by atoms with Crippen molar-refractivity contribution >= 4 is 23.6 Å². The predicted molar refractivity (Wildman–Crippen MR) is 116 cm³/mol. The van der Waals surface area contributed by atoms with Crippen LogP contribution in [0.5, 0.6) is 5.75 Å². The molecule has 3 rings (SSSR count). The molecule has 0 atom stereocenters. The molecule has 1 heterocycles. The van der Waals surface area contributed by atoms with Gasteiger partial charge in [0.1, 0.15) is 5.75 Å². The highest BCUT2D eigenvalue weighted by atomic mass is 32.2. The summed E-state index contributed by atoms with van der Waals surface area (Å²) in [5.41, 5.74) is 0. The lowest BCUT2D eigenvalue weighted by molar-refractivity contribution is -0.135. The summed E-state index contributed by atoms with van der Waals surface area (Å²) < 4.78 is 5.55. The van der Waals surface area contributed by atoms with Crippen LogP contribution in [-0.4, -0.2) is 48.7 Å². The molecule has 0 saturated carbocycles. The highest BCUT2D eigenvalue weighted by Crippen LogP contribution is 2.19. The van der Waals surface area contributed by atoms with Gasteiger partial charge < -0.3 is 15.0 Å². The first-order chi connectivity index (χ1) is 14.2. The zero-order chi connectivity index (χ0) is 20.3. The maximum absolute atomic E-state index is 12.3. The molecule has 2 aromatic rings. The van der Waals surface area contributed by atoms with Crippen LogP contribution in [0.3, 0.4) is 0 Å². The van der Waals surface area contributed by atoms with Crippen LogP contribution in [0.1, 0.15) is 19.3 Å². The Kier molecular flexibility index (Phi) is 8.43. The summed E-state index contributed by atoms with van der Waals surface area (Å²) in [6.07, 6.45) is 2.35. The number of nitrogens with zero attached hydrogens (tertiary/aromatic N) is 1. The molecule has 0 radical (unpaired) electrons. The third kappa shape index (κ3) is 7.46. The Hall–Kier alpha value is -2.47. The summed E-state index contributed by atoms with van der Waals surface area (Å²) in [6, 6.07) is 19.5. The molecular formula is C23H28N2O3S. The van der Waals surface area contributed by atoms with Gasteiger partial charge in [0.25, 0.3) is 5.91 Å². The van der Waals surface area contributed by atoms with Crippen molar-refractivity contribution in [1.82, 2.24) is 10.2 Å². The molecule has 5 nitrogen and oxygen atoms in total. The standard InChI is InChI=1S/C23H28N2O3S/c26-22(13-16-29-21-9-5-2-6-10-21)24-17-19-11-14-25(15-12-19)23(27)18-28-20-7-3-1-4-8-20/h1-10,19H,11-18H2,(H,24,26). The average Bonchev–Trinajstić information content (AvgIpc) is 2.78. The molecule has 2 aromatic carbocycles. The predicted octanol–water partition coefficient (Wildman–Crippen LogP) is 3.60. The van der Waals surface area contributed by atoms with Crippen molar-refractivity contribution < 1.29 is 14.3 Å². The Bertz CT molecular complexity index is 762. The Balaban J connectivity index is 1.27. The highest BCUT2D eigenvalue weighted by Gasteiger charge is 2.23. The number of piperidine rings is 1. The Morgan fingerprint density at radius 1 is 1.00 bits per heavy atom. The first kappa shape index (κ1) is 21.2. The maximum Gasteiger partial charge on any atom is 0.260 e. The zero-order valence-electron chi connectivity index (χ0n) is 16.6. The van der Waals surface area contributed by atoms with Gasteiger partial charge >= 0.3 is 0 Å². The molecule has 0 spiro atoms. The Labute approximate surface area is 176 Å². The number of likely N-dealkylation sites (tertiary alicyclic amines) is 1. The van der Waals surface area contributed by atoms with E-state index in [0.29, 0.717) is 24.6 Å². The zero-order valence-corrected chi connectivity index (χ0v) is 17.4. The van der Waals surface area contributed by atoms with Gasteiger partial charge in [0.05, 0.1) is 0 Å². The summed E-state index contributed by atoms with van der Waals surface area (Å²) in [5, 5.41) is 3.05. The first-order valence-electron chi connectivity index (χ1n) is 10.1. The molecule has 154 valence electrons. The molecular weight excluding hydrogens is 384 g/mol. The number of hydrogen-bond donors (Lipinski definition) is 1. The van der Waals surface area contributed by atoms with Gasteiger partial charge in [-0.15, -0.1) is 11.8 Å². The summed E-state index contributed by atoms with van der Waals surface area (Å²) in [6.45, 7) is 2.21. The van der Waals surface area contributed by atoms with Gasteiger partial charge in [-0.25, -0.2) is 0 Å². The van der Waals surface area contributed by atoms with Gasteiger partial charge in [-0.2, -0.15) is 0 Å². The quantitative estimate of drug-likeness (QED) is 0.640. The molecule has 1 fully saturated rings. The maximum atomic E-state index is 12.3. The monoisotopic (exact) mass is 412 g/mol. The van der Waals surface area contributed by atoms with E-state index in [0.717, 1.165) is 31.7 Å². The molecule has 1 aliphatic heterocycles. The summed E-state index contributed by atoms with van der Waals surface area (Å²) in [4.78, 5) is 27.4. The van der Waals surface area contributed by atoms with Crippen LogP contribution in [0, 0.1) is 5.92 Å². The lowest BCUT2D eigenvalue weighted by Crippen LogP contribution is -2.43. The van der Waals surface area contributed by atoms with Crippen LogP contribution in [0.15, 0.2) is 65.6 Å². The van der Waals surface area contributed by atoms with Crippen LogP contribution in [0.25, 0.3) is 0 Å². The van der Waals surface area contributed by atoms with E-state index in [2.05, 4.69) is 17.4 Å². The van der Waals surface area contributed by atoms with Crippen molar-refractivity contribution in [3.63, 3.8) is 0 Å². The van der Waals surface area contributed by atoms with E-state index in [4.69, 9.17) is 4.74 Å². The van der Waals surface area contributed by atoms with Crippen molar-refractivity contribution in [3.8, 4) is 5.75 Å². The smallest absolute Gasteiger partial charge is 0.260 e. The number of carbonyl (C=O) groups excluding carboxylic acids is 2. The highest BCUT2D eigenvalue weighted by molar-refractivity contribution is 7.99. The number of amides is 2. The van der Waals surface area contributed by atoms with Crippen LogP contribution >= 0.6 is 11.8 Å². The number of rotatable bonds is 9. The fourth-order valence-electron chi connectivity index (χ4n) is 3.26. The molecule has 1 N–H and O–H groups in total. The van der Waals surface area contributed by atoms with Crippen LogP contribution in [0.4, 0.5) is 0 Å². The molecule has 29 heavy (non-hydrogen) atoms. The fraction of sp³-hybridized carbons (Fsp3) is 0.391. The summed E-state index contributed by atoms with van der Waals surface area (Å²) in [5.74, 6) is 2.05. The van der Waals surface area contributed by atoms with Gasteiger partial charge in [0.15, 0.2) is 6.61 Å². The van der Waals surface area contributed by atoms with Gasteiger partial charge in [-0.05, 0) is 43.0 Å². The molecule has 0 aliphatic carbocycles. The van der Waals surface area contributed by atoms with Crippen molar-refractivity contribution in [2.24, 2.45) is 5.92 Å². The second kappa shape index (κ2) is 11.5. The second-order valence-electron chi connectivity index (χ2n) is 7.14. The van der Waals surface area contributed by atoms with Crippen LogP contribution in [-0.2, 0) is 9.59 Å². The Morgan fingerprint density at radius 3 is 2.34 bits per heavy atom. The summed E-state index contributed by atoms with van der Waals surface area (Å²) in [7, 11) is 0. The second-order valence-corrected chi connectivity index (χ2v) is 8.31. The van der Waals surface area contributed by atoms with Gasteiger partial charge in [-0.1, -0.05) is 36.4 Å². The van der Waals surface area contributed by atoms with E-state index >= 15 is 0 Å². The van der Waals surface area contributed by atoms with Gasteiger partial charge in [-0.3, -0.25) is 9.59 Å². The topological polar surface area (TPSA) is 58.6 Å². The number of ether oxygens (including phenoxy) is 1. The van der Waals surface area contributed by atoms with E-state index in [1.807, 2.05) is 53.4 Å². The molecule has 6 heteroatoms. The van der Waals surface area contributed by atoms with Crippen molar-refractivity contribution in [3.05, 3.63) is 60.7 Å². The lowest BCUT2D eigenvalue weighted by atomic mass is 9.96. The van der Waals surface area contributed by atoms with Crippen molar-refractivity contribution in [1.29, 1.82) is 0 Å². The number of hydrogen-bond acceptors (Lipinski definition) is 4. The van der Waals surface area contributed by atoms with E-state index < -0.39 is 0 Å². The third-order valence-electron chi connectivity index (χ3n) is 5.00. The van der Waals surface area contributed by atoms with E-state index in [1.165, 1.54) is 4.90 Å². The molecule has 0 unspecified atom stereocenters. The number of carbonyl (C=O) groups is 2. The number of para-hydroxylation sites is 1. The molecule has 0 bridgehead atoms. The minimum atomic E-state index is 0.0225. The third-order valence-corrected chi connectivity index (χ3v) is 6.02. The van der Waals surface area contributed by atoms with Crippen molar-refractivity contribution in [2.75, 3.05) is 32.0 Å². The molecule has 1 aliphatic rings. The minimum Gasteiger partial charge on any atom is -0.484 e. The number of benzene rings is 2. The van der Waals surface area contributed by atoms with Crippen molar-refractivity contribution in [2.45, 2.75) is 24.2 Å². The molecule has 2 amide bonds. The van der Waals surface area contributed by atoms with Crippen LogP contribution < -0.4 is 10.1 Å². The SMILES string of the molecule is O=C(CCSc1ccccc1)NCC1CCN(C(=O)COc2ccccc2)CC1. The fourth-order valence-corrected chi connectivity index (χ4v) is 4.14. The van der Waals surface area contributed by atoms with E-state index in [-0.39, 0.29) is 18.4 Å². The molecule has 0 aromatic heterocycles. The first-order valence-corrected chi connectivity index (χ1v) is 11.1. The van der Waals surface area contributed by atoms with E-state index in [1.54, 1.807) is 11.8 Å². The molecule has 1 saturated heterocycles. The largest absolute Gasteiger partial charge is 0.484 e. The van der Waals surface area contributed by atoms with Crippen LogP contribution in [0.2, 0.25) is 0 Å². The lowest BCUT2D eigenvalue weighted by Gasteiger charge is -2.32. The number of nitrogens with one attached hydrogen (secondary N) is 1. The Morgan fingerprint density at radius 2 is 1.66 bits per heavy atom. The van der Waals surface area contributed by atoms with E-state index in [9.17, 15) is 9.59 Å². The van der Waals surface area contributed by atoms with Gasteiger partial charge in [0.2, 0.25) is 5.91 Å². The minimum absolute atomic E-state index is 0.0225.